The number of carbonyl (C=O) groups excluding carboxylic acids is 1. The molecule has 0 bridgehead atoms. The fourth-order valence-corrected chi connectivity index (χ4v) is 3.07. The third-order valence-corrected chi connectivity index (χ3v) is 4.53. The van der Waals surface area contributed by atoms with E-state index in [-0.39, 0.29) is 18.1 Å². The van der Waals surface area contributed by atoms with Crippen molar-refractivity contribution in [3.05, 3.63) is 24.2 Å². The molecule has 0 aliphatic carbocycles. The van der Waals surface area contributed by atoms with Gasteiger partial charge < -0.3 is 19.1 Å². The van der Waals surface area contributed by atoms with Gasteiger partial charge in [0.2, 0.25) is 0 Å². The number of nitrogens with zero attached hydrogens (tertiary/aromatic N) is 5. The van der Waals surface area contributed by atoms with E-state index in [0.717, 1.165) is 11.4 Å². The van der Waals surface area contributed by atoms with Gasteiger partial charge in [0.15, 0.2) is 5.82 Å². The SMILES string of the molecule is CC(C)c1noc(-c2ccnc(N3CCN(C(=O)OC(C)(C)C)[C@H](C)C3)c2)n1. The Morgan fingerprint density at radius 1 is 1.32 bits per heavy atom. The van der Waals surface area contributed by atoms with E-state index >= 15 is 0 Å². The topological polar surface area (TPSA) is 84.6 Å². The maximum Gasteiger partial charge on any atom is 0.410 e. The monoisotopic (exact) mass is 387 g/mol. The second-order valence-electron chi connectivity index (χ2n) is 8.48. The lowest BCUT2D eigenvalue weighted by Gasteiger charge is -2.40. The molecular formula is C20H29N5O3. The summed E-state index contributed by atoms with van der Waals surface area (Å²) in [7, 11) is 0. The van der Waals surface area contributed by atoms with Crippen molar-refractivity contribution in [3.63, 3.8) is 0 Å². The first-order chi connectivity index (χ1) is 13.1. The third kappa shape index (κ3) is 4.61. The first-order valence-corrected chi connectivity index (χ1v) is 9.68. The molecular weight excluding hydrogens is 358 g/mol. The predicted octanol–water partition coefficient (Wildman–Crippen LogP) is 3.70. The van der Waals surface area contributed by atoms with Gasteiger partial charge in [-0.25, -0.2) is 9.78 Å². The molecule has 8 nitrogen and oxygen atoms in total. The second kappa shape index (κ2) is 7.77. The van der Waals surface area contributed by atoms with E-state index in [1.54, 1.807) is 11.1 Å². The lowest BCUT2D eigenvalue weighted by molar-refractivity contribution is 0.0158. The Bertz CT molecular complexity index is 827. The van der Waals surface area contributed by atoms with E-state index < -0.39 is 5.60 Å². The van der Waals surface area contributed by atoms with Crippen LogP contribution in [0.3, 0.4) is 0 Å². The maximum atomic E-state index is 12.4. The van der Waals surface area contributed by atoms with Crippen molar-refractivity contribution in [2.24, 2.45) is 0 Å². The molecule has 8 heteroatoms. The summed E-state index contributed by atoms with van der Waals surface area (Å²) in [6, 6.07) is 3.83. The average Bonchev–Trinajstić information content (AvgIpc) is 3.10. The van der Waals surface area contributed by atoms with E-state index in [1.165, 1.54) is 0 Å². The van der Waals surface area contributed by atoms with Crippen LogP contribution in [0.4, 0.5) is 10.6 Å². The number of piperazine rings is 1. The Morgan fingerprint density at radius 2 is 2.07 bits per heavy atom. The van der Waals surface area contributed by atoms with E-state index in [1.807, 2.05) is 53.7 Å². The van der Waals surface area contributed by atoms with Crippen molar-refractivity contribution in [1.82, 2.24) is 20.0 Å². The molecule has 3 rings (SSSR count). The van der Waals surface area contributed by atoms with Crippen LogP contribution in [0, 0.1) is 0 Å². The van der Waals surface area contributed by atoms with Gasteiger partial charge in [-0.15, -0.1) is 0 Å². The Balaban J connectivity index is 1.71. The zero-order valence-corrected chi connectivity index (χ0v) is 17.5. The predicted molar refractivity (Wildman–Crippen MR) is 106 cm³/mol. The van der Waals surface area contributed by atoms with Crippen LogP contribution in [0.1, 0.15) is 53.3 Å². The van der Waals surface area contributed by atoms with Gasteiger partial charge >= 0.3 is 6.09 Å². The second-order valence-corrected chi connectivity index (χ2v) is 8.48. The standard InChI is InChI=1S/C20H29N5O3/c1-13(2)17-22-18(28-23-17)15-7-8-21-16(11-15)24-9-10-25(14(3)12-24)19(26)27-20(4,5)6/h7-8,11,13-14H,9-10,12H2,1-6H3/t14-/m1/s1. The number of hydrogen-bond acceptors (Lipinski definition) is 7. The van der Waals surface area contributed by atoms with E-state index in [0.29, 0.717) is 31.3 Å². The number of rotatable bonds is 3. The molecule has 0 saturated carbocycles. The summed E-state index contributed by atoms with van der Waals surface area (Å²) in [5, 5.41) is 4.03. The maximum absolute atomic E-state index is 12.4. The zero-order valence-electron chi connectivity index (χ0n) is 17.5. The van der Waals surface area contributed by atoms with E-state index in [9.17, 15) is 4.79 Å². The van der Waals surface area contributed by atoms with Crippen molar-refractivity contribution in [2.75, 3.05) is 24.5 Å². The van der Waals surface area contributed by atoms with Gasteiger partial charge in [0.05, 0.1) is 0 Å². The van der Waals surface area contributed by atoms with Gasteiger partial charge in [-0.3, -0.25) is 0 Å². The fraction of sp³-hybridized carbons (Fsp3) is 0.600. The van der Waals surface area contributed by atoms with Crippen molar-refractivity contribution in [1.29, 1.82) is 0 Å². The van der Waals surface area contributed by atoms with E-state index in [2.05, 4.69) is 20.0 Å². The highest BCUT2D eigenvalue weighted by Crippen LogP contribution is 2.25. The molecule has 1 fully saturated rings. The molecule has 1 aliphatic heterocycles. The minimum atomic E-state index is -0.497. The normalized spacial score (nSPS) is 17.9. The fourth-order valence-electron chi connectivity index (χ4n) is 3.07. The smallest absolute Gasteiger partial charge is 0.410 e. The number of pyridine rings is 1. The van der Waals surface area contributed by atoms with Crippen LogP contribution in [-0.4, -0.2) is 57.4 Å². The van der Waals surface area contributed by atoms with Gasteiger partial charge in [0.1, 0.15) is 11.4 Å². The van der Waals surface area contributed by atoms with Gasteiger partial charge in [-0.1, -0.05) is 19.0 Å². The molecule has 0 N–H and O–H groups in total. The van der Waals surface area contributed by atoms with Crippen LogP contribution < -0.4 is 4.90 Å². The summed E-state index contributed by atoms with van der Waals surface area (Å²) in [5.74, 6) is 2.22. The lowest BCUT2D eigenvalue weighted by Crippen LogP contribution is -2.55. The summed E-state index contributed by atoms with van der Waals surface area (Å²) in [4.78, 5) is 25.3. The van der Waals surface area contributed by atoms with Crippen LogP contribution in [0.15, 0.2) is 22.9 Å². The van der Waals surface area contributed by atoms with Crippen molar-refractivity contribution in [3.8, 4) is 11.5 Å². The minimum Gasteiger partial charge on any atom is -0.444 e. The molecule has 0 unspecified atom stereocenters. The number of anilines is 1. The first kappa shape index (κ1) is 20.1. The summed E-state index contributed by atoms with van der Waals surface area (Å²) < 4.78 is 10.9. The summed E-state index contributed by atoms with van der Waals surface area (Å²) in [6.45, 7) is 13.7. The highest BCUT2D eigenvalue weighted by atomic mass is 16.6. The highest BCUT2D eigenvalue weighted by Gasteiger charge is 2.31. The van der Waals surface area contributed by atoms with Crippen LogP contribution in [-0.2, 0) is 4.74 Å². The van der Waals surface area contributed by atoms with E-state index in [4.69, 9.17) is 9.26 Å². The number of hydrogen-bond donors (Lipinski definition) is 0. The highest BCUT2D eigenvalue weighted by molar-refractivity contribution is 5.69. The largest absolute Gasteiger partial charge is 0.444 e. The molecule has 28 heavy (non-hydrogen) atoms. The molecule has 1 atom stereocenters. The third-order valence-electron chi connectivity index (χ3n) is 4.53. The van der Waals surface area contributed by atoms with Gasteiger partial charge in [-0.2, -0.15) is 4.98 Å². The number of aromatic nitrogens is 3. The molecule has 1 aliphatic rings. The molecule has 1 amide bonds. The van der Waals surface area contributed by atoms with Gasteiger partial charge in [0.25, 0.3) is 5.89 Å². The number of ether oxygens (including phenoxy) is 1. The zero-order chi connectivity index (χ0) is 20.5. The minimum absolute atomic E-state index is 0.0185. The Morgan fingerprint density at radius 3 is 2.68 bits per heavy atom. The number of amides is 1. The summed E-state index contributed by atoms with van der Waals surface area (Å²) in [6.07, 6.45) is 1.47. The average molecular weight is 387 g/mol. The van der Waals surface area contributed by atoms with Crippen LogP contribution in [0.2, 0.25) is 0 Å². The molecule has 2 aromatic heterocycles. The molecule has 152 valence electrons. The van der Waals surface area contributed by atoms with Crippen molar-refractivity contribution >= 4 is 11.9 Å². The Kier molecular flexibility index (Phi) is 5.58. The molecule has 0 spiro atoms. The summed E-state index contributed by atoms with van der Waals surface area (Å²) >= 11 is 0. The molecule has 1 saturated heterocycles. The first-order valence-electron chi connectivity index (χ1n) is 9.68. The van der Waals surface area contributed by atoms with Gasteiger partial charge in [0, 0.05) is 43.4 Å². The van der Waals surface area contributed by atoms with Crippen molar-refractivity contribution < 1.29 is 14.1 Å². The summed E-state index contributed by atoms with van der Waals surface area (Å²) in [5.41, 5.74) is 0.342. The van der Waals surface area contributed by atoms with Crippen LogP contribution >= 0.6 is 0 Å². The number of carbonyl (C=O) groups is 1. The van der Waals surface area contributed by atoms with Crippen LogP contribution in [0.5, 0.6) is 0 Å². The van der Waals surface area contributed by atoms with Gasteiger partial charge in [-0.05, 0) is 39.8 Å². The van der Waals surface area contributed by atoms with Crippen molar-refractivity contribution in [2.45, 2.75) is 59.1 Å². The quantitative estimate of drug-likeness (QED) is 0.794. The Labute approximate surface area is 165 Å². The molecule has 0 radical (unpaired) electrons. The Hall–Kier alpha value is -2.64. The molecule has 2 aromatic rings. The molecule has 0 aromatic carbocycles. The van der Waals surface area contributed by atoms with Crippen LogP contribution in [0.25, 0.3) is 11.5 Å². The molecule has 3 heterocycles. The lowest BCUT2D eigenvalue weighted by atomic mass is 10.1.